The predicted molar refractivity (Wildman–Crippen MR) is 118 cm³/mol. The van der Waals surface area contributed by atoms with E-state index in [-0.39, 0.29) is 0 Å². The van der Waals surface area contributed by atoms with Gasteiger partial charge in [0.05, 0.1) is 23.8 Å². The van der Waals surface area contributed by atoms with Gasteiger partial charge in [-0.3, -0.25) is 9.55 Å². The van der Waals surface area contributed by atoms with Crippen LogP contribution in [0.15, 0.2) is 91.1 Å². The molecule has 5 aromatic rings. The van der Waals surface area contributed by atoms with Crippen LogP contribution in [-0.2, 0) is 13.2 Å². The second-order valence-corrected chi connectivity index (χ2v) is 6.99. The minimum absolute atomic E-state index is 0.453. The number of hydrogen-bond donors (Lipinski definition) is 0. The number of pyridine rings is 1. The fourth-order valence-corrected chi connectivity index (χ4v) is 3.55. The number of para-hydroxylation sites is 2. The summed E-state index contributed by atoms with van der Waals surface area (Å²) in [6.45, 7) is 1.58. The molecule has 0 unspecified atom stereocenters. The minimum atomic E-state index is 0.453. The molecule has 0 saturated heterocycles. The number of ether oxygens (including phenoxy) is 2. The fraction of sp³-hybridized carbons (Fsp3) is 0.120. The smallest absolute Gasteiger partial charge is 0.297 e. The van der Waals surface area contributed by atoms with Crippen LogP contribution in [-0.4, -0.2) is 21.1 Å². The van der Waals surface area contributed by atoms with E-state index in [1.807, 2.05) is 85.1 Å². The van der Waals surface area contributed by atoms with Gasteiger partial charge in [0.2, 0.25) is 0 Å². The van der Waals surface area contributed by atoms with Gasteiger partial charge in [0, 0.05) is 5.39 Å². The molecule has 148 valence electrons. The lowest BCUT2D eigenvalue weighted by molar-refractivity contribution is 0.249. The standard InChI is InChI=1S/C25H21N3O2/c1-3-9-19(10-4-1)18-30-25-27-23-17-26-22-14-8-7-13-21(22)24(23)28(25)15-16-29-20-11-5-2-6-12-20/h1-14,17H,15-16,18H2. The van der Waals surface area contributed by atoms with E-state index in [0.717, 1.165) is 33.2 Å². The first-order valence-corrected chi connectivity index (χ1v) is 9.97. The van der Waals surface area contributed by atoms with Gasteiger partial charge >= 0.3 is 0 Å². The van der Waals surface area contributed by atoms with Crippen molar-refractivity contribution in [3.8, 4) is 11.8 Å². The van der Waals surface area contributed by atoms with Crippen molar-refractivity contribution in [2.24, 2.45) is 0 Å². The molecule has 2 aromatic heterocycles. The fourth-order valence-electron chi connectivity index (χ4n) is 3.55. The first-order valence-electron chi connectivity index (χ1n) is 9.97. The summed E-state index contributed by atoms with van der Waals surface area (Å²) in [5, 5.41) is 1.05. The van der Waals surface area contributed by atoms with Gasteiger partial charge in [0.15, 0.2) is 0 Å². The average Bonchev–Trinajstić information content (AvgIpc) is 3.17. The summed E-state index contributed by atoms with van der Waals surface area (Å²) in [5.41, 5.74) is 3.86. The molecule has 30 heavy (non-hydrogen) atoms. The molecule has 0 aliphatic carbocycles. The zero-order valence-corrected chi connectivity index (χ0v) is 16.4. The van der Waals surface area contributed by atoms with Crippen molar-refractivity contribution in [1.29, 1.82) is 0 Å². The van der Waals surface area contributed by atoms with Crippen LogP contribution in [0.4, 0.5) is 0 Å². The van der Waals surface area contributed by atoms with Gasteiger partial charge < -0.3 is 9.47 Å². The van der Waals surface area contributed by atoms with Gasteiger partial charge in [-0.05, 0) is 23.8 Å². The van der Waals surface area contributed by atoms with Crippen LogP contribution in [0.5, 0.6) is 11.8 Å². The summed E-state index contributed by atoms with van der Waals surface area (Å²) in [7, 11) is 0. The summed E-state index contributed by atoms with van der Waals surface area (Å²) in [5.74, 6) is 0.847. The van der Waals surface area contributed by atoms with Crippen LogP contribution in [0.2, 0.25) is 0 Å². The van der Waals surface area contributed by atoms with Gasteiger partial charge in [-0.25, -0.2) is 0 Å². The molecule has 0 saturated carbocycles. The maximum atomic E-state index is 6.13. The third kappa shape index (κ3) is 3.70. The predicted octanol–water partition coefficient (Wildman–Crippen LogP) is 5.24. The molecular formula is C25H21N3O2. The molecule has 0 bridgehead atoms. The van der Waals surface area contributed by atoms with Crippen molar-refractivity contribution in [2.45, 2.75) is 13.2 Å². The van der Waals surface area contributed by atoms with Crippen LogP contribution in [0.3, 0.4) is 0 Å². The SMILES string of the molecule is c1ccc(COc2nc3cnc4ccccc4c3n2CCOc2ccccc2)cc1. The minimum Gasteiger partial charge on any atom is -0.492 e. The molecule has 0 radical (unpaired) electrons. The Balaban J connectivity index is 1.49. The van der Waals surface area contributed by atoms with E-state index in [2.05, 4.69) is 15.6 Å². The van der Waals surface area contributed by atoms with Crippen molar-refractivity contribution < 1.29 is 9.47 Å². The number of rotatable bonds is 7. The van der Waals surface area contributed by atoms with Crippen molar-refractivity contribution in [3.63, 3.8) is 0 Å². The molecule has 5 rings (SSSR count). The van der Waals surface area contributed by atoms with E-state index < -0.39 is 0 Å². The monoisotopic (exact) mass is 395 g/mol. The molecule has 3 aromatic carbocycles. The topological polar surface area (TPSA) is 49.2 Å². The van der Waals surface area contributed by atoms with Crippen molar-refractivity contribution >= 4 is 21.9 Å². The number of hydrogen-bond acceptors (Lipinski definition) is 4. The Labute approximate surface area is 174 Å². The van der Waals surface area contributed by atoms with Crippen molar-refractivity contribution in [2.75, 3.05) is 6.61 Å². The molecular weight excluding hydrogens is 374 g/mol. The highest BCUT2D eigenvalue weighted by Crippen LogP contribution is 2.28. The van der Waals surface area contributed by atoms with Gasteiger partial charge in [0.25, 0.3) is 6.01 Å². The number of imidazole rings is 1. The zero-order chi connectivity index (χ0) is 20.2. The normalized spacial score (nSPS) is 11.1. The van der Waals surface area contributed by atoms with E-state index in [0.29, 0.717) is 25.8 Å². The summed E-state index contributed by atoms with van der Waals surface area (Å²) in [4.78, 5) is 9.27. The van der Waals surface area contributed by atoms with Crippen LogP contribution in [0.25, 0.3) is 21.9 Å². The average molecular weight is 395 g/mol. The largest absolute Gasteiger partial charge is 0.492 e. The highest BCUT2D eigenvalue weighted by Gasteiger charge is 2.16. The molecule has 0 aliphatic heterocycles. The van der Waals surface area contributed by atoms with Crippen LogP contribution in [0, 0.1) is 0 Å². The summed E-state index contributed by atoms with van der Waals surface area (Å²) < 4.78 is 14.2. The van der Waals surface area contributed by atoms with Crippen LogP contribution < -0.4 is 9.47 Å². The molecule has 5 nitrogen and oxygen atoms in total. The number of benzene rings is 3. The molecule has 5 heteroatoms. The number of aromatic nitrogens is 3. The Morgan fingerprint density at radius 3 is 2.30 bits per heavy atom. The lowest BCUT2D eigenvalue weighted by atomic mass is 10.2. The molecule has 0 N–H and O–H groups in total. The van der Waals surface area contributed by atoms with E-state index >= 15 is 0 Å². The van der Waals surface area contributed by atoms with Crippen LogP contribution in [0.1, 0.15) is 5.56 Å². The first kappa shape index (κ1) is 18.2. The van der Waals surface area contributed by atoms with Gasteiger partial charge in [-0.1, -0.05) is 66.7 Å². The number of nitrogens with zero attached hydrogens (tertiary/aromatic N) is 3. The van der Waals surface area contributed by atoms with E-state index in [4.69, 9.17) is 14.5 Å². The lowest BCUT2D eigenvalue weighted by Crippen LogP contribution is -2.11. The Bertz CT molecular complexity index is 1270. The molecule has 0 atom stereocenters. The highest BCUT2D eigenvalue weighted by molar-refractivity contribution is 6.02. The van der Waals surface area contributed by atoms with Crippen LogP contribution >= 0.6 is 0 Å². The van der Waals surface area contributed by atoms with E-state index in [1.54, 1.807) is 0 Å². The Morgan fingerprint density at radius 2 is 1.47 bits per heavy atom. The van der Waals surface area contributed by atoms with E-state index in [1.165, 1.54) is 0 Å². The maximum Gasteiger partial charge on any atom is 0.297 e. The molecule has 0 spiro atoms. The Hall–Kier alpha value is -3.86. The third-order valence-electron chi connectivity index (χ3n) is 4.98. The second kappa shape index (κ2) is 8.25. The Kier molecular flexibility index (Phi) is 5.00. The Morgan fingerprint density at radius 1 is 0.733 bits per heavy atom. The molecule has 0 fully saturated rings. The summed E-state index contributed by atoms with van der Waals surface area (Å²) >= 11 is 0. The summed E-state index contributed by atoms with van der Waals surface area (Å²) in [6.07, 6.45) is 1.81. The van der Waals surface area contributed by atoms with Gasteiger partial charge in [0.1, 0.15) is 24.5 Å². The zero-order valence-electron chi connectivity index (χ0n) is 16.4. The molecule has 2 heterocycles. The second-order valence-electron chi connectivity index (χ2n) is 6.99. The van der Waals surface area contributed by atoms with Crippen molar-refractivity contribution in [3.05, 3.63) is 96.7 Å². The first-order chi connectivity index (χ1) is 14.9. The molecule has 0 amide bonds. The summed E-state index contributed by atoms with van der Waals surface area (Å²) in [6, 6.07) is 28.6. The van der Waals surface area contributed by atoms with Crippen molar-refractivity contribution in [1.82, 2.24) is 14.5 Å². The number of fused-ring (bicyclic) bond motifs is 3. The third-order valence-corrected chi connectivity index (χ3v) is 4.98. The maximum absolute atomic E-state index is 6.13. The quantitative estimate of drug-likeness (QED) is 0.378. The van der Waals surface area contributed by atoms with Gasteiger partial charge in [-0.2, -0.15) is 4.98 Å². The highest BCUT2D eigenvalue weighted by atomic mass is 16.5. The van der Waals surface area contributed by atoms with Gasteiger partial charge in [-0.15, -0.1) is 0 Å². The molecule has 0 aliphatic rings. The lowest BCUT2D eigenvalue weighted by Gasteiger charge is -2.12. The van der Waals surface area contributed by atoms with E-state index in [9.17, 15) is 0 Å².